The Morgan fingerprint density at radius 1 is 1.55 bits per heavy atom. The van der Waals surface area contributed by atoms with Crippen molar-refractivity contribution < 1.29 is 9.53 Å². The van der Waals surface area contributed by atoms with Crippen LogP contribution in [0, 0.1) is 0 Å². The standard InChI is InChI=1S/C8H12O2S/c1-2-3-4-5-6-10-8(9)7-11/h2,7H,1,3-6H2. The van der Waals surface area contributed by atoms with Gasteiger partial charge in [-0.05, 0) is 19.3 Å². The first kappa shape index (κ1) is 10.3. The normalized spacial score (nSPS) is 8.73. The van der Waals surface area contributed by atoms with Gasteiger partial charge < -0.3 is 4.74 Å². The average Bonchev–Trinajstić information content (AvgIpc) is 2.04. The molecule has 0 amide bonds. The highest BCUT2D eigenvalue weighted by molar-refractivity contribution is 7.80. The highest BCUT2D eigenvalue weighted by atomic mass is 32.1. The Hall–Kier alpha value is -0.700. The highest BCUT2D eigenvalue weighted by Gasteiger charge is 1.94. The summed E-state index contributed by atoms with van der Waals surface area (Å²) in [5.74, 6) is -0.418. The van der Waals surface area contributed by atoms with E-state index in [0.717, 1.165) is 24.6 Å². The summed E-state index contributed by atoms with van der Waals surface area (Å²) in [5.41, 5.74) is 0. The van der Waals surface area contributed by atoms with E-state index in [1.54, 1.807) is 0 Å². The number of hydrogen-bond donors (Lipinski definition) is 0. The van der Waals surface area contributed by atoms with Crippen LogP contribution in [-0.2, 0) is 9.53 Å². The quantitative estimate of drug-likeness (QED) is 0.265. The van der Waals surface area contributed by atoms with E-state index >= 15 is 0 Å². The molecule has 0 N–H and O–H groups in total. The SMILES string of the molecule is C=CCCCCOC(=O)C=S. The summed E-state index contributed by atoms with van der Waals surface area (Å²) >= 11 is 4.36. The molecule has 0 aliphatic rings. The summed E-state index contributed by atoms with van der Waals surface area (Å²) < 4.78 is 4.70. The summed E-state index contributed by atoms with van der Waals surface area (Å²) in [4.78, 5) is 10.4. The van der Waals surface area contributed by atoms with E-state index in [9.17, 15) is 4.79 Å². The molecular formula is C8H12O2S. The first-order valence-corrected chi connectivity index (χ1v) is 4.01. The smallest absolute Gasteiger partial charge is 0.341 e. The molecule has 0 unspecified atom stereocenters. The van der Waals surface area contributed by atoms with Gasteiger partial charge in [0, 0.05) is 0 Å². The summed E-state index contributed by atoms with van der Waals surface area (Å²) in [7, 11) is 0. The van der Waals surface area contributed by atoms with Gasteiger partial charge in [0.25, 0.3) is 0 Å². The van der Waals surface area contributed by atoms with Crippen LogP contribution in [0.25, 0.3) is 0 Å². The molecule has 0 aliphatic carbocycles. The van der Waals surface area contributed by atoms with Gasteiger partial charge in [-0.1, -0.05) is 18.3 Å². The fourth-order valence-electron chi connectivity index (χ4n) is 0.598. The molecule has 0 atom stereocenters. The van der Waals surface area contributed by atoms with Crippen LogP contribution in [0.5, 0.6) is 0 Å². The number of allylic oxidation sites excluding steroid dienone is 1. The molecule has 0 heterocycles. The molecule has 0 aliphatic heterocycles. The zero-order valence-electron chi connectivity index (χ0n) is 6.41. The minimum Gasteiger partial charge on any atom is -0.462 e. The predicted octanol–water partition coefficient (Wildman–Crippen LogP) is 1.89. The first-order chi connectivity index (χ1) is 5.31. The van der Waals surface area contributed by atoms with Crippen molar-refractivity contribution in [1.29, 1.82) is 0 Å². The van der Waals surface area contributed by atoms with Crippen LogP contribution in [0.15, 0.2) is 12.7 Å². The van der Waals surface area contributed by atoms with Crippen LogP contribution in [-0.4, -0.2) is 17.9 Å². The third kappa shape index (κ3) is 7.19. The molecule has 0 bridgehead atoms. The Morgan fingerprint density at radius 3 is 2.82 bits per heavy atom. The summed E-state index contributed by atoms with van der Waals surface area (Å²) in [6.45, 7) is 4.04. The summed E-state index contributed by atoms with van der Waals surface area (Å²) in [6.07, 6.45) is 4.70. The van der Waals surface area contributed by atoms with Crippen molar-refractivity contribution in [3.8, 4) is 0 Å². The van der Waals surface area contributed by atoms with Gasteiger partial charge in [0.15, 0.2) is 0 Å². The maximum absolute atomic E-state index is 10.4. The minimum absolute atomic E-state index is 0.418. The summed E-state index contributed by atoms with van der Waals surface area (Å²) in [6, 6.07) is 0. The molecule has 0 saturated heterocycles. The lowest BCUT2D eigenvalue weighted by molar-refractivity contribution is -0.134. The molecule has 0 radical (unpaired) electrons. The summed E-state index contributed by atoms with van der Waals surface area (Å²) in [5, 5.41) is 1.01. The number of ether oxygens (including phenoxy) is 1. The van der Waals surface area contributed by atoms with Crippen molar-refractivity contribution in [3.05, 3.63) is 12.7 Å². The number of carbonyl (C=O) groups excluding carboxylic acids is 1. The van der Waals surface area contributed by atoms with Crippen molar-refractivity contribution in [2.75, 3.05) is 6.61 Å². The maximum atomic E-state index is 10.4. The van der Waals surface area contributed by atoms with E-state index in [-0.39, 0.29) is 0 Å². The Labute approximate surface area is 72.2 Å². The van der Waals surface area contributed by atoms with Crippen LogP contribution in [0.4, 0.5) is 0 Å². The number of hydrogen-bond acceptors (Lipinski definition) is 3. The number of unbranched alkanes of at least 4 members (excludes halogenated alkanes) is 2. The molecule has 0 aromatic carbocycles. The van der Waals surface area contributed by atoms with Crippen molar-refractivity contribution in [2.24, 2.45) is 0 Å². The molecule has 2 nitrogen and oxygen atoms in total. The third-order valence-electron chi connectivity index (χ3n) is 1.14. The largest absolute Gasteiger partial charge is 0.462 e. The second-order valence-corrected chi connectivity index (χ2v) is 2.31. The molecule has 3 heteroatoms. The number of esters is 1. The average molecular weight is 172 g/mol. The fourth-order valence-corrected chi connectivity index (χ4v) is 0.666. The Kier molecular flexibility index (Phi) is 6.94. The van der Waals surface area contributed by atoms with E-state index in [2.05, 4.69) is 18.8 Å². The third-order valence-corrected chi connectivity index (χ3v) is 1.34. The molecule has 0 aromatic rings. The minimum atomic E-state index is -0.418. The second kappa shape index (κ2) is 7.41. The molecule has 62 valence electrons. The van der Waals surface area contributed by atoms with Gasteiger partial charge in [0.2, 0.25) is 0 Å². The van der Waals surface area contributed by atoms with Crippen LogP contribution in [0.1, 0.15) is 19.3 Å². The molecule has 0 spiro atoms. The van der Waals surface area contributed by atoms with Gasteiger partial charge >= 0.3 is 5.97 Å². The number of thiocarbonyl (C=S) groups is 1. The topological polar surface area (TPSA) is 26.3 Å². The van der Waals surface area contributed by atoms with Crippen molar-refractivity contribution in [3.63, 3.8) is 0 Å². The highest BCUT2D eigenvalue weighted by Crippen LogP contribution is 1.95. The molecule has 0 rings (SSSR count). The van der Waals surface area contributed by atoms with Crippen LogP contribution in [0.3, 0.4) is 0 Å². The molecular weight excluding hydrogens is 160 g/mol. The molecule has 0 aromatic heterocycles. The lowest BCUT2D eigenvalue weighted by Gasteiger charge is -1.98. The fraction of sp³-hybridized carbons (Fsp3) is 0.500. The number of carbonyl (C=O) groups is 1. The zero-order chi connectivity index (χ0) is 8.53. The zero-order valence-corrected chi connectivity index (χ0v) is 7.23. The van der Waals surface area contributed by atoms with Crippen LogP contribution < -0.4 is 0 Å². The Bertz CT molecular complexity index is 143. The Morgan fingerprint density at radius 2 is 2.27 bits per heavy atom. The van der Waals surface area contributed by atoms with Crippen molar-refractivity contribution in [1.82, 2.24) is 0 Å². The van der Waals surface area contributed by atoms with Gasteiger partial charge in [0.1, 0.15) is 0 Å². The van der Waals surface area contributed by atoms with E-state index in [0.29, 0.717) is 6.61 Å². The lowest BCUT2D eigenvalue weighted by atomic mass is 10.2. The maximum Gasteiger partial charge on any atom is 0.341 e. The van der Waals surface area contributed by atoms with Gasteiger partial charge in [-0.3, -0.25) is 0 Å². The van der Waals surface area contributed by atoms with E-state index in [1.165, 1.54) is 0 Å². The monoisotopic (exact) mass is 172 g/mol. The predicted molar refractivity (Wildman–Crippen MR) is 48.7 cm³/mol. The first-order valence-electron chi connectivity index (χ1n) is 3.54. The molecule has 0 fully saturated rings. The van der Waals surface area contributed by atoms with Gasteiger partial charge in [-0.25, -0.2) is 4.79 Å². The second-order valence-electron chi connectivity index (χ2n) is 2.07. The van der Waals surface area contributed by atoms with Crippen LogP contribution >= 0.6 is 12.2 Å². The molecule has 0 saturated carbocycles. The van der Waals surface area contributed by atoms with Crippen molar-refractivity contribution >= 4 is 23.6 Å². The number of rotatable bonds is 6. The van der Waals surface area contributed by atoms with E-state index in [1.807, 2.05) is 6.08 Å². The van der Waals surface area contributed by atoms with Gasteiger partial charge in [-0.2, -0.15) is 0 Å². The van der Waals surface area contributed by atoms with E-state index < -0.39 is 5.97 Å². The lowest BCUT2D eigenvalue weighted by Crippen LogP contribution is -2.05. The van der Waals surface area contributed by atoms with Gasteiger partial charge in [-0.15, -0.1) is 6.58 Å². The van der Waals surface area contributed by atoms with E-state index in [4.69, 9.17) is 4.74 Å². The molecule has 11 heavy (non-hydrogen) atoms. The van der Waals surface area contributed by atoms with Gasteiger partial charge in [0.05, 0.1) is 12.0 Å². The van der Waals surface area contributed by atoms with Crippen molar-refractivity contribution in [2.45, 2.75) is 19.3 Å². The van der Waals surface area contributed by atoms with Crippen LogP contribution in [0.2, 0.25) is 0 Å². The Balaban J connectivity index is 3.07.